The number of furan rings is 1. The first-order chi connectivity index (χ1) is 33.2. The second-order valence-electron chi connectivity index (χ2n) is 10.0. The molecule has 1 heterocycles. The summed E-state index contributed by atoms with van der Waals surface area (Å²) in [6.07, 6.45) is 0. The van der Waals surface area contributed by atoms with Gasteiger partial charge in [-0.05, 0) is 88.9 Å². The molecule has 0 amide bonds. The molecule has 45 heavy (non-hydrogen) atoms. The first-order valence-electron chi connectivity index (χ1n) is 26.4. The maximum absolute atomic E-state index is 9.84. The fourth-order valence-electron chi connectivity index (χ4n) is 5.79. The van der Waals surface area contributed by atoms with Crippen LogP contribution in [0, 0.1) is 0 Å². The molecule has 1 aromatic heterocycles. The van der Waals surface area contributed by atoms with Crippen molar-refractivity contribution in [2.24, 2.45) is 0 Å². The zero-order chi connectivity index (χ0) is 52.1. The normalized spacial score (nSPS) is 20.1. The molecule has 0 aliphatic rings. The first-order valence-corrected chi connectivity index (χ1v) is 13.4. The largest absolute Gasteiger partial charge is 0.455 e. The van der Waals surface area contributed by atoms with E-state index < -0.39 is 255 Å². The zero-order valence-electron chi connectivity index (χ0n) is 48.4. The second-order valence-corrected chi connectivity index (χ2v) is 10.0. The van der Waals surface area contributed by atoms with Crippen LogP contribution in [0.5, 0.6) is 0 Å². The molecule has 0 N–H and O–H groups in total. The number of fused-ring (bicyclic) bond motifs is 10. The van der Waals surface area contributed by atoms with Crippen LogP contribution in [0.15, 0.2) is 162 Å². The van der Waals surface area contributed by atoms with Crippen LogP contribution in [0.25, 0.3) is 98.1 Å². The molecule has 1 heteroatoms. The van der Waals surface area contributed by atoms with Gasteiger partial charge in [0.25, 0.3) is 0 Å². The van der Waals surface area contributed by atoms with Crippen molar-refractivity contribution in [1.82, 2.24) is 0 Å². The smallest absolute Gasteiger partial charge is 0.143 e. The molecule has 10 aromatic rings. The summed E-state index contributed by atoms with van der Waals surface area (Å²) >= 11 is 0. The lowest BCUT2D eigenvalue weighted by Gasteiger charge is -2.19. The number of hydrogen-bond acceptors (Lipinski definition) is 1. The van der Waals surface area contributed by atoms with Crippen LogP contribution >= 0.6 is 0 Å². The summed E-state index contributed by atoms with van der Waals surface area (Å²) < 4.78 is 240. The van der Waals surface area contributed by atoms with Gasteiger partial charge in [-0.1, -0.05) is 139 Å². The lowest BCUT2D eigenvalue weighted by molar-refractivity contribution is 0.672. The maximum Gasteiger partial charge on any atom is 0.143 e. The summed E-state index contributed by atoms with van der Waals surface area (Å²) in [4.78, 5) is 0. The maximum atomic E-state index is 9.84. The van der Waals surface area contributed by atoms with E-state index in [1.807, 2.05) is 0 Å². The Morgan fingerprint density at radius 2 is 0.911 bits per heavy atom. The second kappa shape index (κ2) is 9.29. The topological polar surface area (TPSA) is 13.1 Å². The van der Waals surface area contributed by atoms with Gasteiger partial charge in [0.2, 0.25) is 0 Å². The van der Waals surface area contributed by atoms with Crippen LogP contribution in [0.4, 0.5) is 0 Å². The van der Waals surface area contributed by atoms with Gasteiger partial charge in [-0.25, -0.2) is 0 Å². The van der Waals surface area contributed by atoms with Crippen molar-refractivity contribution in [3.8, 4) is 22.3 Å². The van der Waals surface area contributed by atoms with Crippen molar-refractivity contribution in [3.63, 3.8) is 0 Å². The third-order valence-corrected chi connectivity index (χ3v) is 7.69. The van der Waals surface area contributed by atoms with Crippen molar-refractivity contribution in [2.75, 3.05) is 0 Å². The summed E-state index contributed by atoms with van der Waals surface area (Å²) in [7, 11) is 0. The van der Waals surface area contributed by atoms with Crippen LogP contribution in [0.1, 0.15) is 35.6 Å². The molecule has 10 rings (SSSR count). The van der Waals surface area contributed by atoms with E-state index in [9.17, 15) is 12.3 Å². The monoisotopic (exact) mass is 596 g/mol. The highest BCUT2D eigenvalue weighted by Crippen LogP contribution is 2.46. The molecule has 0 atom stereocenters. The highest BCUT2D eigenvalue weighted by molar-refractivity contribution is 6.25. The van der Waals surface area contributed by atoms with Gasteiger partial charge in [-0.3, -0.25) is 0 Å². The molecular weight excluding hydrogens is 544 g/mol. The third kappa shape index (κ3) is 3.50. The van der Waals surface area contributed by atoms with Crippen LogP contribution in [0.2, 0.25) is 0 Å². The molecule has 1 nitrogen and oxygen atoms in total. The van der Waals surface area contributed by atoms with E-state index in [2.05, 4.69) is 0 Å². The van der Waals surface area contributed by atoms with Crippen molar-refractivity contribution in [1.29, 1.82) is 0 Å². The Hall–Kier alpha value is -5.92. The summed E-state index contributed by atoms with van der Waals surface area (Å²) in [6.45, 7) is 0. The minimum absolute atomic E-state index is 0.405. The predicted molar refractivity (Wildman–Crippen MR) is 192 cm³/mol. The van der Waals surface area contributed by atoms with Crippen LogP contribution < -0.4 is 0 Å². The molecule has 0 saturated carbocycles. The number of benzene rings is 9. The third-order valence-electron chi connectivity index (χ3n) is 7.69. The van der Waals surface area contributed by atoms with Gasteiger partial charge < -0.3 is 4.42 Å². The molecule has 208 valence electrons. The Labute approximate surface area is 296 Å². The van der Waals surface area contributed by atoms with E-state index in [0.29, 0.717) is 0 Å². The molecule has 0 radical (unpaired) electrons. The van der Waals surface area contributed by atoms with Gasteiger partial charge in [0.05, 0.1) is 35.6 Å². The van der Waals surface area contributed by atoms with E-state index in [-0.39, 0.29) is 0 Å². The standard InChI is InChI=1S/C44H26O/c1-3-12-30-27(10-1)20-23-33-32(30)18-9-19-34(33)43-37-16-7-5-14-35(37)42(36-15-6-8-17-38(36)43)29-22-25-41-40(26-29)39-24-21-28-11-2-4-13-31(28)44(39)45-41/h1-26H/i1D,2D,3D,4D,5D,6D,7D,8D,9D,10D,11D,12D,13D,14D,15D,16D,17D,18D,19D,20D,21D,22D,23D,24D,25D,26D. The highest BCUT2D eigenvalue weighted by Gasteiger charge is 2.19. The van der Waals surface area contributed by atoms with Crippen molar-refractivity contribution in [3.05, 3.63) is 157 Å². The number of rotatable bonds is 2. The summed E-state index contributed by atoms with van der Waals surface area (Å²) in [5.74, 6) is 0. The fraction of sp³-hybridized carbons (Fsp3) is 0. The Balaban J connectivity index is 1.54. The quantitative estimate of drug-likeness (QED) is 0.143. The van der Waals surface area contributed by atoms with Crippen LogP contribution in [-0.2, 0) is 0 Å². The van der Waals surface area contributed by atoms with Gasteiger partial charge in [0.15, 0.2) is 0 Å². The summed E-state index contributed by atoms with van der Waals surface area (Å²) in [5.41, 5.74) is -3.93. The molecule has 0 aliphatic heterocycles. The van der Waals surface area contributed by atoms with Crippen molar-refractivity contribution in [2.45, 2.75) is 0 Å². The molecule has 0 unspecified atom stereocenters. The molecule has 9 aromatic carbocycles. The average molecular weight is 597 g/mol. The van der Waals surface area contributed by atoms with E-state index >= 15 is 0 Å². The molecule has 0 bridgehead atoms. The van der Waals surface area contributed by atoms with Crippen LogP contribution in [-0.4, -0.2) is 0 Å². The minimum Gasteiger partial charge on any atom is -0.455 e. The van der Waals surface area contributed by atoms with Gasteiger partial charge >= 0.3 is 0 Å². The Morgan fingerprint density at radius 3 is 1.62 bits per heavy atom. The van der Waals surface area contributed by atoms with Crippen molar-refractivity contribution >= 4 is 75.8 Å². The Morgan fingerprint density at radius 1 is 0.356 bits per heavy atom. The van der Waals surface area contributed by atoms with Crippen molar-refractivity contribution < 1.29 is 40.1 Å². The summed E-state index contributed by atoms with van der Waals surface area (Å²) in [5, 5.41) is -6.93. The average Bonchev–Trinajstić information content (AvgIpc) is 3.75. The molecule has 0 spiro atoms. The minimum atomic E-state index is -0.979. The molecule has 0 aliphatic carbocycles. The summed E-state index contributed by atoms with van der Waals surface area (Å²) in [6, 6.07) is -22.7. The van der Waals surface area contributed by atoms with E-state index in [0.717, 1.165) is 0 Å². The van der Waals surface area contributed by atoms with E-state index in [1.54, 1.807) is 0 Å². The lowest BCUT2D eigenvalue weighted by Crippen LogP contribution is -1.91. The highest BCUT2D eigenvalue weighted by atomic mass is 16.3. The van der Waals surface area contributed by atoms with Gasteiger partial charge in [0, 0.05) is 16.2 Å². The SMILES string of the molecule is [2H]c1c(-c2c3c([2H])c([2H])c([2H])c([2H])c3c(-c3c([2H])c([2H])c([2H])c4c3c([2H])c([2H])c3c([2H])c([2H])c([2H])c([2H])c34)c3c([2H])c([2H])c([2H])c([2H])c23)c([2H])c2c(oc3c4c([2H])c([2H])c([2H])c([2H])c4c([2H])c([2H])c32)c1[2H]. The Bertz CT molecular complexity index is 4210. The van der Waals surface area contributed by atoms with Gasteiger partial charge in [-0.15, -0.1) is 0 Å². The van der Waals surface area contributed by atoms with Gasteiger partial charge in [-0.2, -0.15) is 0 Å². The number of hydrogen-bond donors (Lipinski definition) is 0. The molecule has 0 fully saturated rings. The molecule has 0 saturated heterocycles. The molecular formula is C44H26O. The van der Waals surface area contributed by atoms with E-state index in [1.165, 1.54) is 0 Å². The predicted octanol–water partition coefficient (Wildman–Crippen LogP) is 12.7. The van der Waals surface area contributed by atoms with E-state index in [4.69, 9.17) is 27.7 Å². The van der Waals surface area contributed by atoms with Gasteiger partial charge in [0.1, 0.15) is 11.2 Å². The fourth-order valence-corrected chi connectivity index (χ4v) is 5.79. The lowest BCUT2D eigenvalue weighted by atomic mass is 9.84. The van der Waals surface area contributed by atoms with Crippen LogP contribution in [0.3, 0.4) is 0 Å². The first kappa shape index (κ1) is 10.3. The Kier molecular flexibility index (Phi) is 2.13. The zero-order valence-corrected chi connectivity index (χ0v) is 22.4.